The van der Waals surface area contributed by atoms with Gasteiger partial charge < -0.3 is 10.3 Å². The number of anilines is 1. The van der Waals surface area contributed by atoms with Crippen molar-refractivity contribution in [1.82, 2.24) is 9.97 Å². The van der Waals surface area contributed by atoms with Crippen LogP contribution in [0.25, 0.3) is 10.9 Å². The van der Waals surface area contributed by atoms with E-state index in [-0.39, 0.29) is 0 Å². The molecule has 0 unspecified atom stereocenters. The van der Waals surface area contributed by atoms with Crippen molar-refractivity contribution in [2.75, 3.05) is 11.9 Å². The maximum Gasteiger partial charge on any atom is 0.199 e. The Kier molecular flexibility index (Phi) is 3.74. The van der Waals surface area contributed by atoms with Crippen molar-refractivity contribution in [1.29, 1.82) is 0 Å². The summed E-state index contributed by atoms with van der Waals surface area (Å²) >= 11 is 5.16. The first-order valence-corrected chi connectivity index (χ1v) is 7.00. The molecule has 2 aromatic carbocycles. The molecule has 0 radical (unpaired) electrons. The van der Waals surface area contributed by atoms with E-state index < -0.39 is 0 Å². The topological polar surface area (TPSA) is 40.7 Å². The number of nitrogens with one attached hydrogen (secondary N) is 2. The summed E-state index contributed by atoms with van der Waals surface area (Å²) in [5.41, 5.74) is 2.32. The minimum Gasteiger partial charge on any atom is -0.369 e. The summed E-state index contributed by atoms with van der Waals surface area (Å²) in [6, 6.07) is 18.4. The zero-order valence-corrected chi connectivity index (χ0v) is 11.8. The Hall–Kier alpha value is -2.20. The van der Waals surface area contributed by atoms with Gasteiger partial charge in [0, 0.05) is 11.9 Å². The van der Waals surface area contributed by atoms with Gasteiger partial charge in [0.15, 0.2) is 4.77 Å². The van der Waals surface area contributed by atoms with Crippen LogP contribution in [-0.4, -0.2) is 16.5 Å². The molecule has 0 aliphatic heterocycles. The van der Waals surface area contributed by atoms with Crippen molar-refractivity contribution in [3.63, 3.8) is 0 Å². The molecule has 0 spiro atoms. The monoisotopic (exact) mass is 281 g/mol. The Labute approximate surface area is 122 Å². The van der Waals surface area contributed by atoms with Gasteiger partial charge in [0.05, 0.1) is 5.52 Å². The zero-order valence-electron chi connectivity index (χ0n) is 11.0. The maximum absolute atomic E-state index is 5.16. The first-order chi connectivity index (χ1) is 9.83. The van der Waals surface area contributed by atoms with E-state index in [4.69, 9.17) is 12.2 Å². The molecule has 2 N–H and O–H groups in total. The molecule has 0 bridgehead atoms. The van der Waals surface area contributed by atoms with Crippen LogP contribution in [0.3, 0.4) is 0 Å². The largest absolute Gasteiger partial charge is 0.369 e. The Morgan fingerprint density at radius 2 is 1.75 bits per heavy atom. The van der Waals surface area contributed by atoms with Gasteiger partial charge in [-0.3, -0.25) is 0 Å². The van der Waals surface area contributed by atoms with Crippen LogP contribution >= 0.6 is 12.2 Å². The molecule has 100 valence electrons. The normalized spacial score (nSPS) is 10.6. The molecular formula is C16H15N3S. The van der Waals surface area contributed by atoms with Crippen LogP contribution in [-0.2, 0) is 6.42 Å². The van der Waals surface area contributed by atoms with Gasteiger partial charge in [0.1, 0.15) is 5.82 Å². The van der Waals surface area contributed by atoms with E-state index in [0.717, 1.165) is 29.7 Å². The van der Waals surface area contributed by atoms with Gasteiger partial charge >= 0.3 is 0 Å². The number of aromatic nitrogens is 2. The van der Waals surface area contributed by atoms with E-state index in [1.54, 1.807) is 0 Å². The van der Waals surface area contributed by atoms with Crippen LogP contribution in [0.5, 0.6) is 0 Å². The maximum atomic E-state index is 5.16. The third kappa shape index (κ3) is 2.86. The van der Waals surface area contributed by atoms with Crippen molar-refractivity contribution in [2.24, 2.45) is 0 Å². The van der Waals surface area contributed by atoms with Crippen molar-refractivity contribution in [3.05, 3.63) is 64.9 Å². The molecule has 3 aromatic rings. The second-order valence-electron chi connectivity index (χ2n) is 4.60. The number of benzene rings is 2. The van der Waals surface area contributed by atoms with E-state index >= 15 is 0 Å². The highest BCUT2D eigenvalue weighted by Gasteiger charge is 2.02. The second kappa shape index (κ2) is 5.84. The van der Waals surface area contributed by atoms with E-state index in [0.29, 0.717) is 4.77 Å². The molecule has 0 saturated carbocycles. The molecule has 1 heterocycles. The van der Waals surface area contributed by atoms with Gasteiger partial charge in [-0.2, -0.15) is 0 Å². The van der Waals surface area contributed by atoms with E-state index in [1.165, 1.54) is 5.56 Å². The van der Waals surface area contributed by atoms with Gasteiger partial charge in [-0.05, 0) is 36.3 Å². The summed E-state index contributed by atoms with van der Waals surface area (Å²) in [5, 5.41) is 4.44. The molecular weight excluding hydrogens is 266 g/mol. The van der Waals surface area contributed by atoms with Crippen LogP contribution in [0.2, 0.25) is 0 Å². The Morgan fingerprint density at radius 3 is 2.60 bits per heavy atom. The highest BCUT2D eigenvalue weighted by atomic mass is 32.1. The predicted molar refractivity (Wildman–Crippen MR) is 85.6 cm³/mol. The van der Waals surface area contributed by atoms with Crippen molar-refractivity contribution >= 4 is 28.9 Å². The molecule has 0 fully saturated rings. The van der Waals surface area contributed by atoms with Gasteiger partial charge in [0.2, 0.25) is 0 Å². The second-order valence-corrected chi connectivity index (χ2v) is 4.99. The third-order valence-electron chi connectivity index (χ3n) is 3.19. The number of fused-ring (bicyclic) bond motifs is 1. The van der Waals surface area contributed by atoms with Gasteiger partial charge in [-0.15, -0.1) is 0 Å². The lowest BCUT2D eigenvalue weighted by molar-refractivity contribution is 1.00. The number of H-pyrrole nitrogens is 1. The number of aromatic amines is 1. The molecule has 20 heavy (non-hydrogen) atoms. The lowest BCUT2D eigenvalue weighted by atomic mass is 10.1. The third-order valence-corrected chi connectivity index (χ3v) is 3.38. The molecule has 3 nitrogen and oxygen atoms in total. The van der Waals surface area contributed by atoms with Gasteiger partial charge in [-0.25, -0.2) is 4.98 Å². The summed E-state index contributed by atoms with van der Waals surface area (Å²) in [6.07, 6.45) is 0.961. The fourth-order valence-electron chi connectivity index (χ4n) is 2.21. The average Bonchev–Trinajstić information content (AvgIpc) is 2.48. The fraction of sp³-hybridized carbons (Fsp3) is 0.125. The summed E-state index contributed by atoms with van der Waals surface area (Å²) < 4.78 is 0.505. The molecule has 0 saturated heterocycles. The van der Waals surface area contributed by atoms with E-state index in [2.05, 4.69) is 39.6 Å². The summed E-state index contributed by atoms with van der Waals surface area (Å²) in [6.45, 7) is 0.833. The van der Waals surface area contributed by atoms with Gasteiger partial charge in [0.25, 0.3) is 0 Å². The molecule has 3 rings (SSSR count). The number of nitrogens with zero attached hydrogens (tertiary/aromatic N) is 1. The Balaban J connectivity index is 1.79. The van der Waals surface area contributed by atoms with Crippen molar-refractivity contribution < 1.29 is 0 Å². The number of hydrogen-bond acceptors (Lipinski definition) is 3. The fourth-order valence-corrected chi connectivity index (χ4v) is 2.41. The number of para-hydroxylation sites is 1. The molecule has 0 atom stereocenters. The quantitative estimate of drug-likeness (QED) is 0.711. The Morgan fingerprint density at radius 1 is 1.00 bits per heavy atom. The van der Waals surface area contributed by atoms with Crippen LogP contribution in [0, 0.1) is 4.77 Å². The lowest BCUT2D eigenvalue weighted by Crippen LogP contribution is -2.07. The summed E-state index contributed by atoms with van der Waals surface area (Å²) in [4.78, 5) is 7.48. The Bertz CT molecular complexity index is 765. The highest BCUT2D eigenvalue weighted by molar-refractivity contribution is 7.71. The van der Waals surface area contributed by atoms with Crippen molar-refractivity contribution in [3.8, 4) is 0 Å². The summed E-state index contributed by atoms with van der Waals surface area (Å²) in [5.74, 6) is 0.847. The van der Waals surface area contributed by atoms with Crippen molar-refractivity contribution in [2.45, 2.75) is 6.42 Å². The molecule has 0 amide bonds. The van der Waals surface area contributed by atoms with Crippen LogP contribution < -0.4 is 5.32 Å². The molecule has 0 aliphatic rings. The number of hydrogen-bond donors (Lipinski definition) is 2. The van der Waals surface area contributed by atoms with E-state index in [9.17, 15) is 0 Å². The molecule has 0 aliphatic carbocycles. The number of rotatable bonds is 4. The SMILES string of the molecule is S=c1nc(NCCc2ccccc2)c2ccccc2[nH]1. The highest BCUT2D eigenvalue weighted by Crippen LogP contribution is 2.18. The van der Waals surface area contributed by atoms with Crippen LogP contribution in [0.15, 0.2) is 54.6 Å². The van der Waals surface area contributed by atoms with E-state index in [1.807, 2.05) is 30.3 Å². The molecule has 1 aromatic heterocycles. The first kappa shape index (κ1) is 12.8. The van der Waals surface area contributed by atoms with Crippen LogP contribution in [0.4, 0.5) is 5.82 Å². The first-order valence-electron chi connectivity index (χ1n) is 6.60. The smallest absolute Gasteiger partial charge is 0.199 e. The summed E-state index contributed by atoms with van der Waals surface area (Å²) in [7, 11) is 0. The minimum absolute atomic E-state index is 0.505. The minimum atomic E-state index is 0.505. The molecule has 4 heteroatoms. The predicted octanol–water partition coefficient (Wildman–Crippen LogP) is 3.95. The van der Waals surface area contributed by atoms with Crippen LogP contribution in [0.1, 0.15) is 5.56 Å². The lowest BCUT2D eigenvalue weighted by Gasteiger charge is -2.08. The standard InChI is InChI=1S/C16H15N3S/c20-16-18-14-9-5-4-8-13(14)15(19-16)17-11-10-12-6-2-1-3-7-12/h1-9H,10-11H2,(H2,17,18,19,20). The average molecular weight is 281 g/mol. The van der Waals surface area contributed by atoms with Gasteiger partial charge in [-0.1, -0.05) is 42.5 Å². The zero-order chi connectivity index (χ0) is 13.8.